The number of carbonyl (C=O) groups is 1. The largest absolute Gasteiger partial charge is 0.497 e. The van der Waals surface area contributed by atoms with E-state index in [-0.39, 0.29) is 16.6 Å². The van der Waals surface area contributed by atoms with Crippen molar-refractivity contribution in [2.75, 3.05) is 7.11 Å². The number of hydrogen-bond acceptors (Lipinski definition) is 3. The van der Waals surface area contributed by atoms with Crippen LogP contribution in [0.1, 0.15) is 56.2 Å². The zero-order valence-corrected chi connectivity index (χ0v) is 20.4. The molecule has 0 fully saturated rings. The Balaban J connectivity index is 1.62. The Morgan fingerprint density at radius 2 is 1.41 bits per heavy atom. The van der Waals surface area contributed by atoms with Crippen molar-refractivity contribution in [3.63, 3.8) is 0 Å². The van der Waals surface area contributed by atoms with Crippen molar-refractivity contribution in [3.8, 4) is 5.75 Å². The SMILES string of the molecule is COc1ccc(CSC(C)(C)[C@H](C)C(=O)CCC(c2ccccc2)c2ccccc2)cc1. The van der Waals surface area contributed by atoms with E-state index in [1.54, 1.807) is 7.11 Å². The van der Waals surface area contributed by atoms with Crippen molar-refractivity contribution in [2.45, 2.75) is 50.0 Å². The highest BCUT2D eigenvalue weighted by Gasteiger charge is 2.32. The minimum atomic E-state index is -0.133. The van der Waals surface area contributed by atoms with Gasteiger partial charge in [0.1, 0.15) is 11.5 Å². The molecule has 0 aromatic heterocycles. The van der Waals surface area contributed by atoms with Gasteiger partial charge in [0.2, 0.25) is 0 Å². The van der Waals surface area contributed by atoms with Crippen LogP contribution in [0.3, 0.4) is 0 Å². The summed E-state index contributed by atoms with van der Waals surface area (Å²) in [5.74, 6) is 2.31. The van der Waals surface area contributed by atoms with Crippen LogP contribution >= 0.6 is 11.8 Å². The molecule has 0 saturated carbocycles. The molecule has 2 nitrogen and oxygen atoms in total. The van der Waals surface area contributed by atoms with E-state index in [9.17, 15) is 4.79 Å². The molecule has 0 spiro atoms. The summed E-state index contributed by atoms with van der Waals surface area (Å²) in [6.45, 7) is 6.47. The van der Waals surface area contributed by atoms with Crippen LogP contribution in [-0.2, 0) is 10.5 Å². The Bertz CT molecular complexity index is 926. The summed E-state index contributed by atoms with van der Waals surface area (Å²) in [4.78, 5) is 13.2. The van der Waals surface area contributed by atoms with Crippen LogP contribution in [0, 0.1) is 5.92 Å². The number of methoxy groups -OCH3 is 1. The second kappa shape index (κ2) is 11.4. The third kappa shape index (κ3) is 6.49. The third-order valence-corrected chi connectivity index (χ3v) is 7.95. The van der Waals surface area contributed by atoms with Crippen molar-refractivity contribution in [1.82, 2.24) is 0 Å². The van der Waals surface area contributed by atoms with Crippen molar-refractivity contribution < 1.29 is 9.53 Å². The molecule has 0 aliphatic carbocycles. The fraction of sp³-hybridized carbons (Fsp3) is 0.345. The Kier molecular flexibility index (Phi) is 8.58. The standard InChI is InChI=1S/C29H34O2S/c1-22(29(2,3)32-21-23-15-17-26(31-4)18-16-23)28(30)20-19-27(24-11-7-5-8-12-24)25-13-9-6-10-14-25/h5-18,22,27H,19-21H2,1-4H3/t22-/m1/s1. The normalized spacial score (nSPS) is 12.5. The van der Waals surface area contributed by atoms with Crippen molar-refractivity contribution in [1.29, 1.82) is 0 Å². The van der Waals surface area contributed by atoms with E-state index in [1.807, 2.05) is 36.0 Å². The molecule has 3 heteroatoms. The van der Waals surface area contributed by atoms with Gasteiger partial charge < -0.3 is 4.74 Å². The van der Waals surface area contributed by atoms with E-state index in [2.05, 4.69) is 81.4 Å². The predicted octanol–water partition coefficient (Wildman–Crippen LogP) is 7.52. The minimum absolute atomic E-state index is 0.0158. The van der Waals surface area contributed by atoms with Gasteiger partial charge in [0.05, 0.1) is 7.11 Å². The number of Topliss-reactive ketones (excluding diaryl/α,β-unsaturated/α-hetero) is 1. The van der Waals surface area contributed by atoms with Gasteiger partial charge in [-0.15, -0.1) is 0 Å². The summed E-state index contributed by atoms with van der Waals surface area (Å²) < 4.78 is 5.11. The lowest BCUT2D eigenvalue weighted by atomic mass is 9.84. The van der Waals surface area contributed by atoms with Gasteiger partial charge in [-0.25, -0.2) is 0 Å². The van der Waals surface area contributed by atoms with Crippen LogP contribution in [0.25, 0.3) is 0 Å². The van der Waals surface area contributed by atoms with Crippen LogP contribution in [0.2, 0.25) is 0 Å². The Morgan fingerprint density at radius 1 is 0.875 bits per heavy atom. The van der Waals surface area contributed by atoms with E-state index < -0.39 is 0 Å². The van der Waals surface area contributed by atoms with Crippen molar-refractivity contribution >= 4 is 17.5 Å². The van der Waals surface area contributed by atoms with Crippen LogP contribution in [-0.4, -0.2) is 17.6 Å². The summed E-state index contributed by atoms with van der Waals surface area (Å²) in [5.41, 5.74) is 3.79. The smallest absolute Gasteiger partial charge is 0.137 e. The first-order chi connectivity index (χ1) is 15.4. The zero-order valence-electron chi connectivity index (χ0n) is 19.6. The minimum Gasteiger partial charge on any atom is -0.497 e. The molecule has 3 rings (SSSR count). The molecular formula is C29H34O2S. The van der Waals surface area contributed by atoms with Crippen LogP contribution in [0.5, 0.6) is 5.75 Å². The average Bonchev–Trinajstić information content (AvgIpc) is 2.84. The third-order valence-electron chi connectivity index (χ3n) is 6.38. The fourth-order valence-corrected chi connectivity index (χ4v) is 5.02. The molecule has 0 saturated heterocycles. The van der Waals surface area contributed by atoms with Crippen LogP contribution < -0.4 is 4.74 Å². The highest BCUT2D eigenvalue weighted by atomic mass is 32.2. The van der Waals surface area contributed by atoms with E-state index in [0.717, 1.165) is 17.9 Å². The van der Waals surface area contributed by atoms with E-state index >= 15 is 0 Å². The summed E-state index contributed by atoms with van der Waals surface area (Å²) in [6, 6.07) is 29.2. The summed E-state index contributed by atoms with van der Waals surface area (Å²) in [5, 5.41) is 0. The molecule has 0 bridgehead atoms. The summed E-state index contributed by atoms with van der Waals surface area (Å²) in [7, 11) is 1.68. The molecular weight excluding hydrogens is 412 g/mol. The van der Waals surface area contributed by atoms with Crippen LogP contribution in [0.15, 0.2) is 84.9 Å². The predicted molar refractivity (Wildman–Crippen MR) is 136 cm³/mol. The first-order valence-electron chi connectivity index (χ1n) is 11.3. The van der Waals surface area contributed by atoms with Gasteiger partial charge in [-0.1, -0.05) is 79.7 Å². The highest BCUT2D eigenvalue weighted by molar-refractivity contribution is 7.99. The second-order valence-corrected chi connectivity index (χ2v) is 10.5. The van der Waals surface area contributed by atoms with Gasteiger partial charge in [0, 0.05) is 28.8 Å². The fourth-order valence-electron chi connectivity index (χ4n) is 3.90. The zero-order chi connectivity index (χ0) is 23.0. The van der Waals surface area contributed by atoms with E-state index in [1.165, 1.54) is 16.7 Å². The maximum Gasteiger partial charge on any atom is 0.137 e. The molecule has 0 radical (unpaired) electrons. The number of ether oxygens (including phenoxy) is 1. The molecule has 3 aromatic rings. The second-order valence-electron chi connectivity index (χ2n) is 8.84. The number of hydrogen-bond donors (Lipinski definition) is 0. The molecule has 0 unspecified atom stereocenters. The molecule has 32 heavy (non-hydrogen) atoms. The van der Waals surface area contributed by atoms with Gasteiger partial charge >= 0.3 is 0 Å². The topological polar surface area (TPSA) is 26.3 Å². The number of rotatable bonds is 11. The Morgan fingerprint density at radius 3 is 1.91 bits per heavy atom. The highest BCUT2D eigenvalue weighted by Crippen LogP contribution is 2.37. The number of ketones is 1. The average molecular weight is 447 g/mol. The maximum atomic E-state index is 13.2. The van der Waals surface area contributed by atoms with Gasteiger partial charge in [-0.3, -0.25) is 4.79 Å². The Labute approximate surface area is 197 Å². The van der Waals surface area contributed by atoms with Crippen molar-refractivity contribution in [3.05, 3.63) is 102 Å². The molecule has 1 atom stereocenters. The quantitative estimate of drug-likeness (QED) is 0.304. The monoisotopic (exact) mass is 446 g/mol. The molecule has 0 aliphatic rings. The summed E-state index contributed by atoms with van der Waals surface area (Å²) in [6.07, 6.45) is 1.42. The first-order valence-corrected chi connectivity index (χ1v) is 12.3. The van der Waals surface area contributed by atoms with Crippen molar-refractivity contribution in [2.24, 2.45) is 5.92 Å². The molecule has 0 aliphatic heterocycles. The lowest BCUT2D eigenvalue weighted by Crippen LogP contribution is -2.32. The van der Waals surface area contributed by atoms with E-state index in [0.29, 0.717) is 12.2 Å². The van der Waals surface area contributed by atoms with E-state index in [4.69, 9.17) is 4.74 Å². The molecule has 0 heterocycles. The van der Waals surface area contributed by atoms with Gasteiger partial charge in [-0.2, -0.15) is 11.8 Å². The van der Waals surface area contributed by atoms with Gasteiger partial charge in [0.25, 0.3) is 0 Å². The summed E-state index contributed by atoms with van der Waals surface area (Å²) >= 11 is 1.85. The molecule has 0 amide bonds. The van der Waals surface area contributed by atoms with Crippen LogP contribution in [0.4, 0.5) is 0 Å². The molecule has 168 valence electrons. The number of carbonyl (C=O) groups excluding carboxylic acids is 1. The molecule has 0 N–H and O–H groups in total. The Hall–Kier alpha value is -2.52. The number of benzene rings is 3. The van der Waals surface area contributed by atoms with Gasteiger partial charge in [-0.05, 0) is 49.1 Å². The first kappa shape index (κ1) is 24.1. The maximum absolute atomic E-state index is 13.2. The molecule has 3 aromatic carbocycles. The number of thioether (sulfide) groups is 1. The van der Waals surface area contributed by atoms with Gasteiger partial charge in [0.15, 0.2) is 0 Å². The lowest BCUT2D eigenvalue weighted by molar-refractivity contribution is -0.123. The lowest BCUT2D eigenvalue weighted by Gasteiger charge is -2.31.